The van der Waals surface area contributed by atoms with Crippen molar-refractivity contribution < 1.29 is 19.0 Å². The number of hydrogen-bond donors (Lipinski definition) is 1. The first-order chi connectivity index (χ1) is 16.0. The van der Waals surface area contributed by atoms with Gasteiger partial charge >= 0.3 is 0 Å². The number of fused-ring (bicyclic) bond motifs is 1. The lowest BCUT2D eigenvalue weighted by Gasteiger charge is -2.14. The molecule has 0 atom stereocenters. The molecular formula is C25H23N3O5. The summed E-state index contributed by atoms with van der Waals surface area (Å²) in [5.74, 6) is 1.21. The van der Waals surface area contributed by atoms with Crippen molar-refractivity contribution in [3.63, 3.8) is 0 Å². The van der Waals surface area contributed by atoms with E-state index in [1.165, 1.54) is 18.9 Å². The molecule has 1 aromatic heterocycles. The topological polar surface area (TPSA) is 91.7 Å². The molecule has 0 aliphatic heterocycles. The molecule has 1 heterocycles. The number of methoxy groups -OCH3 is 2. The molecular weight excluding hydrogens is 422 g/mol. The van der Waals surface area contributed by atoms with Crippen LogP contribution in [0.5, 0.6) is 17.2 Å². The molecule has 1 N–H and O–H groups in total. The van der Waals surface area contributed by atoms with Crippen molar-refractivity contribution in [2.75, 3.05) is 26.1 Å². The highest BCUT2D eigenvalue weighted by molar-refractivity contribution is 6.11. The SMILES string of the molecule is CCOc1ccc(-n2nc(C(=O)Nc3cc(OC)ccc3OC)c3ccccc3c2=O)cc1. The molecule has 0 fully saturated rings. The van der Waals surface area contributed by atoms with Crippen LogP contribution >= 0.6 is 0 Å². The maximum atomic E-state index is 13.3. The molecule has 3 aromatic carbocycles. The molecule has 4 rings (SSSR count). The third-order valence-electron chi connectivity index (χ3n) is 5.07. The van der Waals surface area contributed by atoms with Crippen molar-refractivity contribution in [1.29, 1.82) is 0 Å². The van der Waals surface area contributed by atoms with Gasteiger partial charge in [-0.05, 0) is 49.4 Å². The lowest BCUT2D eigenvalue weighted by atomic mass is 10.1. The summed E-state index contributed by atoms with van der Waals surface area (Å²) in [7, 11) is 3.05. The van der Waals surface area contributed by atoms with Crippen molar-refractivity contribution in [1.82, 2.24) is 9.78 Å². The second kappa shape index (κ2) is 9.44. The highest BCUT2D eigenvalue weighted by Crippen LogP contribution is 2.29. The van der Waals surface area contributed by atoms with Gasteiger partial charge in [0.1, 0.15) is 17.2 Å². The Balaban J connectivity index is 1.81. The smallest absolute Gasteiger partial charge is 0.279 e. The minimum Gasteiger partial charge on any atom is -0.497 e. The Bertz CT molecular complexity index is 1360. The quantitative estimate of drug-likeness (QED) is 0.461. The second-order valence-corrected chi connectivity index (χ2v) is 7.06. The number of rotatable bonds is 7. The third kappa shape index (κ3) is 4.36. The molecule has 0 radical (unpaired) electrons. The van der Waals surface area contributed by atoms with Crippen LogP contribution in [0.15, 0.2) is 71.5 Å². The minimum atomic E-state index is -0.488. The Morgan fingerprint density at radius 1 is 0.939 bits per heavy atom. The summed E-state index contributed by atoms with van der Waals surface area (Å²) in [6.45, 7) is 2.43. The van der Waals surface area contributed by atoms with Gasteiger partial charge in [-0.3, -0.25) is 9.59 Å². The van der Waals surface area contributed by atoms with Crippen LogP contribution < -0.4 is 25.1 Å². The van der Waals surface area contributed by atoms with Gasteiger partial charge in [0.25, 0.3) is 11.5 Å². The van der Waals surface area contributed by atoms with Crippen molar-refractivity contribution in [2.45, 2.75) is 6.92 Å². The number of ether oxygens (including phenoxy) is 3. The highest BCUT2D eigenvalue weighted by atomic mass is 16.5. The van der Waals surface area contributed by atoms with Crippen LogP contribution in [0.2, 0.25) is 0 Å². The van der Waals surface area contributed by atoms with E-state index in [2.05, 4.69) is 10.4 Å². The van der Waals surface area contributed by atoms with E-state index in [-0.39, 0.29) is 11.3 Å². The second-order valence-electron chi connectivity index (χ2n) is 7.06. The molecule has 8 heteroatoms. The number of amides is 1. The standard InChI is InChI=1S/C25H23N3O5/c1-4-33-17-11-9-16(10-12-17)28-25(30)20-8-6-5-7-19(20)23(27-28)24(29)26-21-15-18(31-2)13-14-22(21)32-3/h5-15H,4H2,1-3H3,(H,26,29). The molecule has 0 aliphatic rings. The van der Waals surface area contributed by atoms with E-state index in [0.717, 1.165) is 0 Å². The van der Waals surface area contributed by atoms with Gasteiger partial charge in [0.2, 0.25) is 0 Å². The van der Waals surface area contributed by atoms with Crippen LogP contribution in [0, 0.1) is 0 Å². The summed E-state index contributed by atoms with van der Waals surface area (Å²) >= 11 is 0. The molecule has 0 aliphatic carbocycles. The molecule has 1 amide bonds. The van der Waals surface area contributed by atoms with Crippen molar-refractivity contribution in [3.05, 3.63) is 82.8 Å². The molecule has 4 aromatic rings. The summed E-state index contributed by atoms with van der Waals surface area (Å²) in [6.07, 6.45) is 0. The van der Waals surface area contributed by atoms with Crippen LogP contribution in [-0.4, -0.2) is 36.5 Å². The number of benzene rings is 3. The van der Waals surface area contributed by atoms with E-state index in [1.54, 1.807) is 66.7 Å². The summed E-state index contributed by atoms with van der Waals surface area (Å²) in [5.41, 5.74) is 0.711. The third-order valence-corrected chi connectivity index (χ3v) is 5.07. The van der Waals surface area contributed by atoms with Crippen LogP contribution in [-0.2, 0) is 0 Å². The van der Waals surface area contributed by atoms with Gasteiger partial charge in [0.05, 0.1) is 37.6 Å². The largest absolute Gasteiger partial charge is 0.497 e. The zero-order valence-corrected chi connectivity index (χ0v) is 18.5. The van der Waals surface area contributed by atoms with Crippen molar-refractivity contribution in [2.24, 2.45) is 0 Å². The Morgan fingerprint density at radius 2 is 1.64 bits per heavy atom. The van der Waals surface area contributed by atoms with Gasteiger partial charge in [0.15, 0.2) is 5.69 Å². The van der Waals surface area contributed by atoms with Gasteiger partial charge in [-0.2, -0.15) is 9.78 Å². The Morgan fingerprint density at radius 3 is 2.30 bits per heavy atom. The summed E-state index contributed by atoms with van der Waals surface area (Å²) in [6, 6.07) is 18.9. The monoisotopic (exact) mass is 445 g/mol. The maximum Gasteiger partial charge on any atom is 0.279 e. The van der Waals surface area contributed by atoms with Gasteiger partial charge < -0.3 is 19.5 Å². The molecule has 8 nitrogen and oxygen atoms in total. The zero-order chi connectivity index (χ0) is 23.4. The summed E-state index contributed by atoms with van der Waals surface area (Å²) < 4.78 is 17.3. The number of carbonyl (C=O) groups is 1. The maximum absolute atomic E-state index is 13.3. The number of nitrogens with one attached hydrogen (secondary N) is 1. The van der Waals surface area contributed by atoms with E-state index < -0.39 is 5.91 Å². The number of carbonyl (C=O) groups excluding carboxylic acids is 1. The minimum absolute atomic E-state index is 0.101. The zero-order valence-electron chi connectivity index (χ0n) is 18.5. The Hall–Kier alpha value is -4.33. The van der Waals surface area contributed by atoms with E-state index in [0.29, 0.717) is 46.0 Å². The fourth-order valence-corrected chi connectivity index (χ4v) is 3.48. The highest BCUT2D eigenvalue weighted by Gasteiger charge is 2.19. The molecule has 168 valence electrons. The molecule has 0 saturated heterocycles. The Kier molecular flexibility index (Phi) is 6.26. The number of hydrogen-bond acceptors (Lipinski definition) is 6. The number of aromatic nitrogens is 2. The van der Waals surface area contributed by atoms with E-state index in [9.17, 15) is 9.59 Å². The molecule has 0 spiro atoms. The van der Waals surface area contributed by atoms with Gasteiger partial charge in [-0.25, -0.2) is 0 Å². The lowest BCUT2D eigenvalue weighted by molar-refractivity contribution is 0.102. The predicted molar refractivity (Wildman–Crippen MR) is 126 cm³/mol. The Labute approximate surface area is 190 Å². The van der Waals surface area contributed by atoms with Crippen LogP contribution in [0.25, 0.3) is 16.5 Å². The van der Waals surface area contributed by atoms with E-state index in [1.807, 2.05) is 6.92 Å². The predicted octanol–water partition coefficient (Wildman–Crippen LogP) is 4.05. The van der Waals surface area contributed by atoms with Gasteiger partial charge in [-0.15, -0.1) is 0 Å². The fourth-order valence-electron chi connectivity index (χ4n) is 3.48. The van der Waals surface area contributed by atoms with Crippen LogP contribution in [0.4, 0.5) is 5.69 Å². The number of anilines is 1. The number of nitrogens with zero attached hydrogens (tertiary/aromatic N) is 2. The fraction of sp³-hybridized carbons (Fsp3) is 0.160. The van der Waals surface area contributed by atoms with Crippen LogP contribution in [0.1, 0.15) is 17.4 Å². The van der Waals surface area contributed by atoms with E-state index in [4.69, 9.17) is 14.2 Å². The first kappa shape index (κ1) is 21.9. The van der Waals surface area contributed by atoms with Gasteiger partial charge in [-0.1, -0.05) is 18.2 Å². The molecule has 0 unspecified atom stereocenters. The average molecular weight is 445 g/mol. The summed E-state index contributed by atoms with van der Waals surface area (Å²) in [5, 5.41) is 8.07. The normalized spacial score (nSPS) is 10.6. The molecule has 0 saturated carbocycles. The van der Waals surface area contributed by atoms with Crippen LogP contribution in [0.3, 0.4) is 0 Å². The first-order valence-electron chi connectivity index (χ1n) is 10.3. The van der Waals surface area contributed by atoms with Crippen molar-refractivity contribution >= 4 is 22.4 Å². The molecule has 0 bridgehead atoms. The summed E-state index contributed by atoms with van der Waals surface area (Å²) in [4.78, 5) is 26.5. The van der Waals surface area contributed by atoms with E-state index >= 15 is 0 Å². The molecule has 33 heavy (non-hydrogen) atoms. The van der Waals surface area contributed by atoms with Gasteiger partial charge in [0, 0.05) is 11.5 Å². The van der Waals surface area contributed by atoms with Crippen molar-refractivity contribution in [3.8, 4) is 22.9 Å². The first-order valence-corrected chi connectivity index (χ1v) is 10.3. The average Bonchev–Trinajstić information content (AvgIpc) is 2.85. The lowest BCUT2D eigenvalue weighted by Crippen LogP contribution is -2.26.